The molecule has 0 radical (unpaired) electrons. The summed E-state index contributed by atoms with van der Waals surface area (Å²) < 4.78 is 0. The van der Waals surface area contributed by atoms with Crippen LogP contribution >= 0.6 is 11.6 Å². The van der Waals surface area contributed by atoms with E-state index in [9.17, 15) is 0 Å². The molecule has 0 bridgehead atoms. The molecular weight excluding hydrogens is 242 g/mol. The Morgan fingerprint density at radius 1 is 0.833 bits per heavy atom. The Hall–Kier alpha value is -1.86. The van der Waals surface area contributed by atoms with Crippen LogP contribution in [0.1, 0.15) is 16.5 Å². The van der Waals surface area contributed by atoms with Gasteiger partial charge in [-0.15, -0.1) is 11.6 Å². The van der Waals surface area contributed by atoms with E-state index < -0.39 is 0 Å². The molecule has 18 heavy (non-hydrogen) atoms. The monoisotopic (exact) mass is 253 g/mol. The number of pyridine rings is 1. The molecule has 1 nitrogen and oxygen atoms in total. The third-order valence-corrected chi connectivity index (χ3v) is 3.55. The first-order valence-electron chi connectivity index (χ1n) is 5.88. The standard InChI is InChI=1S/C16H12ClN/c17-16(12-6-2-1-3-7-12)15-11-18-10-13-8-4-5-9-14(13)15/h1-11,16H. The van der Waals surface area contributed by atoms with Gasteiger partial charge in [-0.25, -0.2) is 0 Å². The second-order valence-corrected chi connectivity index (χ2v) is 4.66. The molecule has 0 fully saturated rings. The Labute approximate surface area is 111 Å². The molecule has 1 heterocycles. The van der Waals surface area contributed by atoms with E-state index in [-0.39, 0.29) is 5.38 Å². The molecule has 1 atom stereocenters. The van der Waals surface area contributed by atoms with Gasteiger partial charge in [-0.05, 0) is 10.9 Å². The highest BCUT2D eigenvalue weighted by atomic mass is 35.5. The molecule has 0 saturated carbocycles. The van der Waals surface area contributed by atoms with E-state index in [1.165, 1.54) is 0 Å². The fourth-order valence-electron chi connectivity index (χ4n) is 2.14. The molecule has 0 aliphatic carbocycles. The molecule has 0 saturated heterocycles. The number of nitrogens with zero attached hydrogens (tertiary/aromatic N) is 1. The van der Waals surface area contributed by atoms with Crippen molar-refractivity contribution in [2.24, 2.45) is 0 Å². The maximum atomic E-state index is 6.57. The lowest BCUT2D eigenvalue weighted by molar-refractivity contribution is 1.13. The number of hydrogen-bond acceptors (Lipinski definition) is 1. The SMILES string of the molecule is ClC(c1ccccc1)c1cncc2ccccc12. The number of hydrogen-bond donors (Lipinski definition) is 0. The van der Waals surface area contributed by atoms with Gasteiger partial charge in [0.15, 0.2) is 0 Å². The third-order valence-electron chi connectivity index (χ3n) is 3.06. The first-order chi connectivity index (χ1) is 8.86. The van der Waals surface area contributed by atoms with E-state index in [0.29, 0.717) is 0 Å². The molecule has 1 unspecified atom stereocenters. The number of aromatic nitrogens is 1. The summed E-state index contributed by atoms with van der Waals surface area (Å²) in [7, 11) is 0. The summed E-state index contributed by atoms with van der Waals surface area (Å²) in [6.45, 7) is 0. The van der Waals surface area contributed by atoms with Gasteiger partial charge in [-0.1, -0.05) is 54.6 Å². The van der Waals surface area contributed by atoms with Crippen molar-refractivity contribution in [3.63, 3.8) is 0 Å². The van der Waals surface area contributed by atoms with Gasteiger partial charge in [0.1, 0.15) is 0 Å². The summed E-state index contributed by atoms with van der Waals surface area (Å²) in [5.74, 6) is 0. The summed E-state index contributed by atoms with van der Waals surface area (Å²) >= 11 is 6.57. The normalized spacial score (nSPS) is 12.5. The van der Waals surface area contributed by atoms with Crippen molar-refractivity contribution in [3.05, 3.63) is 78.1 Å². The van der Waals surface area contributed by atoms with Crippen molar-refractivity contribution >= 4 is 22.4 Å². The van der Waals surface area contributed by atoms with Crippen LogP contribution in [0.5, 0.6) is 0 Å². The predicted molar refractivity (Wildman–Crippen MR) is 75.9 cm³/mol. The van der Waals surface area contributed by atoms with E-state index in [2.05, 4.69) is 17.1 Å². The summed E-state index contributed by atoms with van der Waals surface area (Å²) in [6.07, 6.45) is 3.72. The van der Waals surface area contributed by atoms with Crippen LogP contribution in [-0.4, -0.2) is 4.98 Å². The van der Waals surface area contributed by atoms with Gasteiger partial charge < -0.3 is 0 Å². The van der Waals surface area contributed by atoms with E-state index in [1.54, 1.807) is 0 Å². The van der Waals surface area contributed by atoms with Crippen molar-refractivity contribution in [1.82, 2.24) is 4.98 Å². The fraction of sp³-hybridized carbons (Fsp3) is 0.0625. The van der Waals surface area contributed by atoms with Gasteiger partial charge in [0.2, 0.25) is 0 Å². The number of fused-ring (bicyclic) bond motifs is 1. The highest BCUT2D eigenvalue weighted by molar-refractivity contribution is 6.23. The highest BCUT2D eigenvalue weighted by Crippen LogP contribution is 2.32. The largest absolute Gasteiger partial charge is 0.264 e. The van der Waals surface area contributed by atoms with Gasteiger partial charge in [-0.2, -0.15) is 0 Å². The van der Waals surface area contributed by atoms with Crippen molar-refractivity contribution in [1.29, 1.82) is 0 Å². The topological polar surface area (TPSA) is 12.9 Å². The van der Waals surface area contributed by atoms with Crippen molar-refractivity contribution in [2.45, 2.75) is 5.38 Å². The molecule has 0 aliphatic rings. The second-order valence-electron chi connectivity index (χ2n) is 4.22. The number of halogens is 1. The highest BCUT2D eigenvalue weighted by Gasteiger charge is 2.13. The van der Waals surface area contributed by atoms with E-state index in [4.69, 9.17) is 11.6 Å². The zero-order chi connectivity index (χ0) is 12.4. The Kier molecular flexibility index (Phi) is 2.99. The molecule has 2 aromatic carbocycles. The van der Waals surface area contributed by atoms with Crippen LogP contribution in [0, 0.1) is 0 Å². The van der Waals surface area contributed by atoms with Crippen LogP contribution < -0.4 is 0 Å². The average molecular weight is 254 g/mol. The molecule has 1 aromatic heterocycles. The van der Waals surface area contributed by atoms with Gasteiger partial charge >= 0.3 is 0 Å². The Balaban J connectivity index is 2.15. The minimum Gasteiger partial charge on any atom is -0.264 e. The quantitative estimate of drug-likeness (QED) is 0.610. The molecule has 0 N–H and O–H groups in total. The van der Waals surface area contributed by atoms with Crippen molar-refractivity contribution in [2.75, 3.05) is 0 Å². The molecule has 2 heteroatoms. The van der Waals surface area contributed by atoms with Gasteiger partial charge in [0, 0.05) is 23.3 Å². The summed E-state index contributed by atoms with van der Waals surface area (Å²) in [5, 5.41) is 2.12. The maximum absolute atomic E-state index is 6.57. The van der Waals surface area contributed by atoms with Crippen LogP contribution in [-0.2, 0) is 0 Å². The number of alkyl halides is 1. The molecule has 0 spiro atoms. The number of benzene rings is 2. The van der Waals surface area contributed by atoms with Crippen LogP contribution in [0.4, 0.5) is 0 Å². The van der Waals surface area contributed by atoms with E-state index >= 15 is 0 Å². The van der Waals surface area contributed by atoms with Gasteiger partial charge in [0.25, 0.3) is 0 Å². The maximum Gasteiger partial charge on any atom is 0.0856 e. The predicted octanol–water partition coefficient (Wildman–Crippen LogP) is 4.56. The molecular formula is C16H12ClN. The lowest BCUT2D eigenvalue weighted by Crippen LogP contribution is -1.95. The van der Waals surface area contributed by atoms with E-state index in [0.717, 1.165) is 21.9 Å². The Morgan fingerprint density at radius 3 is 2.39 bits per heavy atom. The third kappa shape index (κ3) is 1.98. The first kappa shape index (κ1) is 11.2. The van der Waals surface area contributed by atoms with Crippen LogP contribution in [0.25, 0.3) is 10.8 Å². The van der Waals surface area contributed by atoms with E-state index in [1.807, 2.05) is 54.9 Å². The zero-order valence-corrected chi connectivity index (χ0v) is 10.5. The zero-order valence-electron chi connectivity index (χ0n) is 9.75. The van der Waals surface area contributed by atoms with Gasteiger partial charge in [-0.3, -0.25) is 4.98 Å². The van der Waals surface area contributed by atoms with Crippen molar-refractivity contribution < 1.29 is 0 Å². The number of rotatable bonds is 2. The van der Waals surface area contributed by atoms with Crippen LogP contribution in [0.15, 0.2) is 67.0 Å². The minimum atomic E-state index is -0.162. The smallest absolute Gasteiger partial charge is 0.0856 e. The summed E-state index contributed by atoms with van der Waals surface area (Å²) in [5.41, 5.74) is 2.15. The van der Waals surface area contributed by atoms with Gasteiger partial charge in [0.05, 0.1) is 5.38 Å². The molecule has 0 amide bonds. The summed E-state index contributed by atoms with van der Waals surface area (Å²) in [4.78, 5) is 4.27. The Morgan fingerprint density at radius 2 is 1.56 bits per heavy atom. The summed E-state index contributed by atoms with van der Waals surface area (Å²) in [6, 6.07) is 18.3. The van der Waals surface area contributed by atoms with Crippen molar-refractivity contribution in [3.8, 4) is 0 Å². The fourth-order valence-corrected chi connectivity index (χ4v) is 2.46. The first-order valence-corrected chi connectivity index (χ1v) is 6.31. The van der Waals surface area contributed by atoms with Crippen LogP contribution in [0.3, 0.4) is 0 Å². The second kappa shape index (κ2) is 4.79. The average Bonchev–Trinajstić information content (AvgIpc) is 2.47. The minimum absolute atomic E-state index is 0.162. The lowest BCUT2D eigenvalue weighted by Gasteiger charge is -2.12. The Bertz CT molecular complexity index is 659. The van der Waals surface area contributed by atoms with Crippen LogP contribution in [0.2, 0.25) is 0 Å². The molecule has 3 aromatic rings. The molecule has 88 valence electrons. The molecule has 3 rings (SSSR count). The lowest BCUT2D eigenvalue weighted by atomic mass is 10.0. The molecule has 0 aliphatic heterocycles.